The molecule has 0 radical (unpaired) electrons. The standard InChI is InChI=1S/C8H9N3O3/c1-13-7-4-8(14-2)6(12)3-5(7)10-11-9/h3-4,12H,1-2H3. The number of hydrogen-bond acceptors (Lipinski definition) is 4. The Labute approximate surface area is 80.3 Å². The van der Waals surface area contributed by atoms with Crippen LogP contribution in [0, 0.1) is 0 Å². The lowest BCUT2D eigenvalue weighted by molar-refractivity contribution is 0.365. The predicted octanol–water partition coefficient (Wildman–Crippen LogP) is 2.35. The maximum absolute atomic E-state index is 9.37. The van der Waals surface area contributed by atoms with Gasteiger partial charge in [0, 0.05) is 11.0 Å². The first-order chi connectivity index (χ1) is 6.72. The van der Waals surface area contributed by atoms with Gasteiger partial charge in [0.05, 0.1) is 19.9 Å². The van der Waals surface area contributed by atoms with Crippen molar-refractivity contribution in [1.29, 1.82) is 0 Å². The van der Waals surface area contributed by atoms with E-state index in [4.69, 9.17) is 15.0 Å². The summed E-state index contributed by atoms with van der Waals surface area (Å²) in [6.07, 6.45) is 0. The highest BCUT2D eigenvalue weighted by Gasteiger charge is 2.08. The zero-order valence-corrected chi connectivity index (χ0v) is 7.76. The third kappa shape index (κ3) is 1.81. The van der Waals surface area contributed by atoms with Crippen molar-refractivity contribution in [3.8, 4) is 17.2 Å². The van der Waals surface area contributed by atoms with Gasteiger partial charge in [-0.2, -0.15) is 0 Å². The number of nitrogens with zero attached hydrogens (tertiary/aromatic N) is 3. The number of azide groups is 1. The lowest BCUT2D eigenvalue weighted by Crippen LogP contribution is -1.87. The van der Waals surface area contributed by atoms with Gasteiger partial charge >= 0.3 is 0 Å². The molecule has 6 nitrogen and oxygen atoms in total. The van der Waals surface area contributed by atoms with E-state index in [9.17, 15) is 5.11 Å². The van der Waals surface area contributed by atoms with Crippen LogP contribution in [0.3, 0.4) is 0 Å². The van der Waals surface area contributed by atoms with Crippen LogP contribution in [0.15, 0.2) is 17.2 Å². The molecule has 0 bridgehead atoms. The van der Waals surface area contributed by atoms with Gasteiger partial charge in [-0.3, -0.25) is 0 Å². The molecular weight excluding hydrogens is 186 g/mol. The molecule has 1 aromatic rings. The van der Waals surface area contributed by atoms with E-state index >= 15 is 0 Å². The Balaban J connectivity index is 3.30. The first-order valence-corrected chi connectivity index (χ1v) is 3.73. The fourth-order valence-corrected chi connectivity index (χ4v) is 0.992. The average Bonchev–Trinajstić information content (AvgIpc) is 2.19. The van der Waals surface area contributed by atoms with E-state index in [0.29, 0.717) is 5.75 Å². The molecule has 1 N–H and O–H groups in total. The fraction of sp³-hybridized carbons (Fsp3) is 0.250. The third-order valence-corrected chi connectivity index (χ3v) is 1.63. The summed E-state index contributed by atoms with van der Waals surface area (Å²) in [4.78, 5) is 2.60. The van der Waals surface area contributed by atoms with Crippen LogP contribution in [0.25, 0.3) is 10.4 Å². The molecule has 0 unspecified atom stereocenters. The average molecular weight is 195 g/mol. The fourth-order valence-electron chi connectivity index (χ4n) is 0.992. The molecule has 0 aliphatic rings. The van der Waals surface area contributed by atoms with Crippen molar-refractivity contribution < 1.29 is 14.6 Å². The smallest absolute Gasteiger partial charge is 0.164 e. The highest BCUT2D eigenvalue weighted by molar-refractivity contribution is 5.60. The Kier molecular flexibility index (Phi) is 3.04. The highest BCUT2D eigenvalue weighted by atomic mass is 16.5. The Morgan fingerprint density at radius 3 is 2.43 bits per heavy atom. The van der Waals surface area contributed by atoms with Crippen LogP contribution < -0.4 is 9.47 Å². The summed E-state index contributed by atoms with van der Waals surface area (Å²) in [5, 5.41) is 12.7. The molecule has 0 aromatic heterocycles. The molecule has 74 valence electrons. The van der Waals surface area contributed by atoms with Gasteiger partial charge in [-0.05, 0) is 11.6 Å². The van der Waals surface area contributed by atoms with E-state index in [0.717, 1.165) is 0 Å². The number of benzene rings is 1. The Morgan fingerprint density at radius 1 is 1.29 bits per heavy atom. The minimum atomic E-state index is -0.101. The molecule has 1 aromatic carbocycles. The van der Waals surface area contributed by atoms with Gasteiger partial charge in [-0.1, -0.05) is 5.11 Å². The van der Waals surface area contributed by atoms with E-state index in [1.165, 1.54) is 26.4 Å². The first kappa shape index (κ1) is 10.0. The Morgan fingerprint density at radius 2 is 1.93 bits per heavy atom. The molecule has 1 rings (SSSR count). The monoisotopic (exact) mass is 195 g/mol. The van der Waals surface area contributed by atoms with Crippen LogP contribution in [0.1, 0.15) is 0 Å². The molecule has 14 heavy (non-hydrogen) atoms. The zero-order valence-electron chi connectivity index (χ0n) is 7.76. The van der Waals surface area contributed by atoms with Crippen molar-refractivity contribution in [3.05, 3.63) is 22.6 Å². The van der Waals surface area contributed by atoms with Gasteiger partial charge in [0.25, 0.3) is 0 Å². The van der Waals surface area contributed by atoms with Crippen molar-refractivity contribution in [3.63, 3.8) is 0 Å². The van der Waals surface area contributed by atoms with Crippen LogP contribution in [0.2, 0.25) is 0 Å². The second kappa shape index (κ2) is 4.25. The Hall–Kier alpha value is -2.07. The largest absolute Gasteiger partial charge is 0.504 e. The number of hydrogen-bond donors (Lipinski definition) is 1. The highest BCUT2D eigenvalue weighted by Crippen LogP contribution is 2.38. The van der Waals surface area contributed by atoms with E-state index in [-0.39, 0.29) is 17.2 Å². The molecule has 0 amide bonds. The second-order valence-corrected chi connectivity index (χ2v) is 2.39. The first-order valence-electron chi connectivity index (χ1n) is 3.73. The van der Waals surface area contributed by atoms with Gasteiger partial charge in [0.15, 0.2) is 11.5 Å². The summed E-state index contributed by atoms with van der Waals surface area (Å²) < 4.78 is 9.80. The van der Waals surface area contributed by atoms with Gasteiger partial charge in [0.1, 0.15) is 5.75 Å². The SMILES string of the molecule is COc1cc(OC)c(N=[N+]=[N-])cc1O. The number of aromatic hydroxyl groups is 1. The van der Waals surface area contributed by atoms with Gasteiger partial charge in [0.2, 0.25) is 0 Å². The van der Waals surface area contributed by atoms with Gasteiger partial charge < -0.3 is 14.6 Å². The summed E-state index contributed by atoms with van der Waals surface area (Å²) in [5.41, 5.74) is 8.46. The summed E-state index contributed by atoms with van der Waals surface area (Å²) in [7, 11) is 2.85. The van der Waals surface area contributed by atoms with Crippen molar-refractivity contribution in [2.24, 2.45) is 5.11 Å². The summed E-state index contributed by atoms with van der Waals surface area (Å²) in [5.74, 6) is 0.506. The summed E-state index contributed by atoms with van der Waals surface area (Å²) in [6, 6.07) is 2.72. The van der Waals surface area contributed by atoms with Gasteiger partial charge in [-0.15, -0.1) is 0 Å². The van der Waals surface area contributed by atoms with Crippen LogP contribution >= 0.6 is 0 Å². The second-order valence-electron chi connectivity index (χ2n) is 2.39. The van der Waals surface area contributed by atoms with E-state index in [1.807, 2.05) is 0 Å². The predicted molar refractivity (Wildman–Crippen MR) is 50.0 cm³/mol. The summed E-state index contributed by atoms with van der Waals surface area (Å²) >= 11 is 0. The van der Waals surface area contributed by atoms with Crippen molar-refractivity contribution in [2.45, 2.75) is 0 Å². The maximum Gasteiger partial charge on any atom is 0.164 e. The number of phenolic OH excluding ortho intramolecular Hbond substituents is 1. The quantitative estimate of drug-likeness (QED) is 0.456. The molecule has 6 heteroatoms. The minimum absolute atomic E-state index is 0.101. The van der Waals surface area contributed by atoms with Crippen molar-refractivity contribution in [2.75, 3.05) is 14.2 Å². The van der Waals surface area contributed by atoms with E-state index in [2.05, 4.69) is 10.0 Å². The lowest BCUT2D eigenvalue weighted by atomic mass is 10.2. The molecule has 0 heterocycles. The third-order valence-electron chi connectivity index (χ3n) is 1.63. The number of ether oxygens (including phenoxy) is 2. The van der Waals surface area contributed by atoms with E-state index < -0.39 is 0 Å². The van der Waals surface area contributed by atoms with Crippen LogP contribution in [-0.2, 0) is 0 Å². The molecule has 0 saturated carbocycles. The molecule has 0 aliphatic heterocycles. The van der Waals surface area contributed by atoms with Crippen molar-refractivity contribution >= 4 is 5.69 Å². The summed E-state index contributed by atoms with van der Waals surface area (Å²) in [6.45, 7) is 0. The minimum Gasteiger partial charge on any atom is -0.504 e. The maximum atomic E-state index is 9.37. The van der Waals surface area contributed by atoms with E-state index in [1.54, 1.807) is 0 Å². The molecule has 0 aliphatic carbocycles. The number of methoxy groups -OCH3 is 2. The van der Waals surface area contributed by atoms with Crippen LogP contribution in [0.5, 0.6) is 17.2 Å². The number of phenols is 1. The molecule has 0 atom stereocenters. The number of rotatable bonds is 3. The Bertz CT molecular complexity index is 386. The molecular formula is C8H9N3O3. The topological polar surface area (TPSA) is 87.5 Å². The van der Waals surface area contributed by atoms with Crippen molar-refractivity contribution in [1.82, 2.24) is 0 Å². The molecule has 0 fully saturated rings. The molecule has 0 spiro atoms. The zero-order chi connectivity index (χ0) is 10.6. The van der Waals surface area contributed by atoms with Gasteiger partial charge in [-0.25, -0.2) is 0 Å². The normalized spacial score (nSPS) is 9.00. The molecule has 0 saturated heterocycles. The van der Waals surface area contributed by atoms with Crippen LogP contribution in [-0.4, -0.2) is 19.3 Å². The lowest BCUT2D eigenvalue weighted by Gasteiger charge is -2.08. The van der Waals surface area contributed by atoms with Crippen LogP contribution in [0.4, 0.5) is 5.69 Å².